The first-order valence-electron chi connectivity index (χ1n) is 8.02. The molecule has 0 saturated carbocycles. The summed E-state index contributed by atoms with van der Waals surface area (Å²) in [5, 5.41) is 0. The van der Waals surface area contributed by atoms with E-state index in [1.165, 1.54) is 50.9 Å². The van der Waals surface area contributed by atoms with Crippen LogP contribution in [0.1, 0.15) is 42.5 Å². The summed E-state index contributed by atoms with van der Waals surface area (Å²) in [6.07, 6.45) is 6.16. The summed E-state index contributed by atoms with van der Waals surface area (Å²) in [6.45, 7) is 2.94. The van der Waals surface area contributed by atoms with Gasteiger partial charge in [0.05, 0.1) is 24.7 Å². The van der Waals surface area contributed by atoms with E-state index in [0.29, 0.717) is 18.6 Å². The zero-order valence-electron chi connectivity index (χ0n) is 12.3. The van der Waals surface area contributed by atoms with E-state index in [1.807, 2.05) is 0 Å². The SMILES string of the molecule is O=C(OC[C@@H]1CCC[NH+]2CCCC[C@H]12)c1ccccc1F. The van der Waals surface area contributed by atoms with E-state index < -0.39 is 11.8 Å². The van der Waals surface area contributed by atoms with E-state index >= 15 is 0 Å². The predicted molar refractivity (Wildman–Crippen MR) is 77.7 cm³/mol. The molecule has 3 nitrogen and oxygen atoms in total. The van der Waals surface area contributed by atoms with Gasteiger partial charge in [0.15, 0.2) is 0 Å². The van der Waals surface area contributed by atoms with Crippen molar-refractivity contribution in [3.8, 4) is 0 Å². The van der Waals surface area contributed by atoms with Gasteiger partial charge >= 0.3 is 5.97 Å². The second kappa shape index (κ2) is 6.56. The first-order chi connectivity index (χ1) is 10.3. The molecule has 2 aliphatic heterocycles. The molecule has 1 aromatic carbocycles. The number of hydrogen-bond donors (Lipinski definition) is 1. The van der Waals surface area contributed by atoms with Gasteiger partial charge in [-0.05, 0) is 44.2 Å². The van der Waals surface area contributed by atoms with E-state index in [2.05, 4.69) is 0 Å². The van der Waals surface area contributed by atoms with Gasteiger partial charge in [0.2, 0.25) is 0 Å². The van der Waals surface area contributed by atoms with E-state index in [4.69, 9.17) is 4.74 Å². The van der Waals surface area contributed by atoms with Crippen molar-refractivity contribution in [3.05, 3.63) is 35.6 Å². The predicted octanol–water partition coefficient (Wildman–Crippen LogP) is 1.83. The van der Waals surface area contributed by atoms with Crippen molar-refractivity contribution in [2.24, 2.45) is 5.92 Å². The Balaban J connectivity index is 1.59. The molecule has 1 unspecified atom stereocenters. The number of rotatable bonds is 3. The van der Waals surface area contributed by atoms with Crippen LogP contribution in [0.2, 0.25) is 0 Å². The largest absolute Gasteiger partial charge is 0.461 e. The lowest BCUT2D eigenvalue weighted by atomic mass is 9.84. The second-order valence-corrected chi connectivity index (χ2v) is 6.24. The van der Waals surface area contributed by atoms with Crippen molar-refractivity contribution >= 4 is 5.97 Å². The molecule has 0 spiro atoms. The third kappa shape index (κ3) is 3.26. The Morgan fingerprint density at radius 2 is 2.00 bits per heavy atom. The zero-order valence-corrected chi connectivity index (χ0v) is 12.3. The van der Waals surface area contributed by atoms with Crippen molar-refractivity contribution < 1.29 is 18.8 Å². The second-order valence-electron chi connectivity index (χ2n) is 6.24. The maximum Gasteiger partial charge on any atom is 0.341 e. The van der Waals surface area contributed by atoms with E-state index in [9.17, 15) is 9.18 Å². The topological polar surface area (TPSA) is 30.7 Å². The average molecular weight is 292 g/mol. The molecule has 21 heavy (non-hydrogen) atoms. The molecular weight excluding hydrogens is 269 g/mol. The van der Waals surface area contributed by atoms with Gasteiger partial charge < -0.3 is 9.64 Å². The van der Waals surface area contributed by atoms with Gasteiger partial charge in [-0.3, -0.25) is 0 Å². The van der Waals surface area contributed by atoms with Gasteiger partial charge in [-0.25, -0.2) is 9.18 Å². The number of benzene rings is 1. The first kappa shape index (κ1) is 14.5. The summed E-state index contributed by atoms with van der Waals surface area (Å²) in [5.41, 5.74) is 0.0427. The molecule has 0 amide bonds. The van der Waals surface area contributed by atoms with Gasteiger partial charge in [0, 0.05) is 5.92 Å². The highest BCUT2D eigenvalue weighted by Crippen LogP contribution is 2.21. The lowest BCUT2D eigenvalue weighted by Crippen LogP contribution is -3.18. The van der Waals surface area contributed by atoms with E-state index in [0.717, 1.165) is 6.42 Å². The Morgan fingerprint density at radius 1 is 1.19 bits per heavy atom. The summed E-state index contributed by atoms with van der Waals surface area (Å²) in [6, 6.07) is 6.64. The Labute approximate surface area is 125 Å². The Morgan fingerprint density at radius 3 is 2.86 bits per heavy atom. The molecular formula is C17H23FNO2+. The summed E-state index contributed by atoms with van der Waals surface area (Å²) < 4.78 is 19.0. The minimum atomic E-state index is -0.531. The van der Waals surface area contributed by atoms with Crippen LogP contribution >= 0.6 is 0 Å². The molecule has 2 aliphatic rings. The molecule has 3 rings (SSSR count). The van der Waals surface area contributed by atoms with Crippen LogP contribution in [0.5, 0.6) is 0 Å². The maximum atomic E-state index is 13.6. The lowest BCUT2D eigenvalue weighted by molar-refractivity contribution is -0.940. The van der Waals surface area contributed by atoms with Crippen LogP contribution in [0.15, 0.2) is 24.3 Å². The lowest BCUT2D eigenvalue weighted by Gasteiger charge is -2.40. The van der Waals surface area contributed by atoms with E-state index in [1.54, 1.807) is 17.0 Å². The molecule has 114 valence electrons. The molecule has 0 aliphatic carbocycles. The number of esters is 1. The van der Waals surface area contributed by atoms with Gasteiger partial charge in [-0.15, -0.1) is 0 Å². The summed E-state index contributed by atoms with van der Waals surface area (Å²) in [5.74, 6) is -0.600. The molecule has 1 N–H and O–H groups in total. The van der Waals surface area contributed by atoms with Crippen molar-refractivity contribution in [2.75, 3.05) is 19.7 Å². The minimum Gasteiger partial charge on any atom is -0.461 e. The molecule has 4 heteroatoms. The smallest absolute Gasteiger partial charge is 0.341 e. The van der Waals surface area contributed by atoms with Crippen LogP contribution in [0.4, 0.5) is 4.39 Å². The number of quaternary nitrogens is 1. The first-order valence-corrected chi connectivity index (χ1v) is 8.02. The fraction of sp³-hybridized carbons (Fsp3) is 0.588. The molecule has 0 bridgehead atoms. The van der Waals surface area contributed by atoms with Gasteiger partial charge in [0.25, 0.3) is 0 Å². The fourth-order valence-corrected chi connectivity index (χ4v) is 3.86. The van der Waals surface area contributed by atoms with Crippen LogP contribution < -0.4 is 4.90 Å². The van der Waals surface area contributed by atoms with E-state index in [-0.39, 0.29) is 5.56 Å². The van der Waals surface area contributed by atoms with Gasteiger partial charge in [-0.2, -0.15) is 0 Å². The number of carbonyl (C=O) groups is 1. The van der Waals surface area contributed by atoms with Crippen molar-refractivity contribution in [2.45, 2.75) is 38.1 Å². The highest BCUT2D eigenvalue weighted by atomic mass is 19.1. The summed E-state index contributed by atoms with van der Waals surface area (Å²) in [4.78, 5) is 13.7. The highest BCUT2D eigenvalue weighted by Gasteiger charge is 2.37. The summed E-state index contributed by atoms with van der Waals surface area (Å²) >= 11 is 0. The fourth-order valence-electron chi connectivity index (χ4n) is 3.86. The van der Waals surface area contributed by atoms with Crippen LogP contribution in [0.3, 0.4) is 0 Å². The normalized spacial score (nSPS) is 28.7. The third-order valence-electron chi connectivity index (χ3n) is 4.95. The van der Waals surface area contributed by atoms with Gasteiger partial charge in [0.1, 0.15) is 12.4 Å². The quantitative estimate of drug-likeness (QED) is 0.862. The molecule has 2 fully saturated rings. The summed E-state index contributed by atoms with van der Waals surface area (Å²) in [7, 11) is 0. The monoisotopic (exact) mass is 292 g/mol. The molecule has 3 atom stereocenters. The number of ether oxygens (including phenoxy) is 1. The number of fused-ring (bicyclic) bond motifs is 1. The van der Waals surface area contributed by atoms with Gasteiger partial charge in [-0.1, -0.05) is 12.1 Å². The third-order valence-corrected chi connectivity index (χ3v) is 4.95. The van der Waals surface area contributed by atoms with Crippen LogP contribution in [0.25, 0.3) is 0 Å². The number of hydrogen-bond acceptors (Lipinski definition) is 2. The number of nitrogens with one attached hydrogen (secondary N) is 1. The average Bonchev–Trinajstić information content (AvgIpc) is 2.53. The van der Waals surface area contributed by atoms with Crippen LogP contribution in [-0.4, -0.2) is 31.7 Å². The van der Waals surface area contributed by atoms with Crippen molar-refractivity contribution in [3.63, 3.8) is 0 Å². The minimum absolute atomic E-state index is 0.0427. The number of carbonyl (C=O) groups excluding carboxylic acids is 1. The van der Waals surface area contributed by atoms with Crippen molar-refractivity contribution in [1.29, 1.82) is 0 Å². The molecule has 1 aromatic rings. The standard InChI is InChI=1S/C17H22FNO2/c18-15-8-2-1-7-14(15)17(20)21-12-13-6-5-11-19-10-4-3-9-16(13)19/h1-2,7-8,13,16H,3-6,9-12H2/p+1/t13-,16+/m0/s1. The Hall–Kier alpha value is -1.42. The van der Waals surface area contributed by atoms with Crippen LogP contribution in [-0.2, 0) is 4.74 Å². The van der Waals surface area contributed by atoms with Crippen LogP contribution in [0, 0.1) is 11.7 Å². The number of piperidine rings is 2. The molecule has 0 aromatic heterocycles. The number of halogens is 1. The highest BCUT2D eigenvalue weighted by molar-refractivity contribution is 5.89. The molecule has 2 saturated heterocycles. The Bertz CT molecular complexity index is 503. The van der Waals surface area contributed by atoms with Crippen molar-refractivity contribution in [1.82, 2.24) is 0 Å². The zero-order chi connectivity index (χ0) is 14.7. The Kier molecular flexibility index (Phi) is 4.54. The maximum absolute atomic E-state index is 13.6. The molecule has 2 heterocycles. The molecule has 0 radical (unpaired) electrons.